The maximum Gasteiger partial charge on any atom is 0.573 e. The van der Waals surface area contributed by atoms with Crippen molar-refractivity contribution in [3.05, 3.63) is 65.3 Å². The Morgan fingerprint density at radius 3 is 2.62 bits per heavy atom. The Morgan fingerprint density at radius 2 is 1.88 bits per heavy atom. The number of pyridine rings is 3. The van der Waals surface area contributed by atoms with Crippen LogP contribution in [0.5, 0.6) is 5.75 Å². The number of aromatic nitrogens is 5. The molecule has 4 aromatic heterocycles. The van der Waals surface area contributed by atoms with Crippen molar-refractivity contribution in [3.8, 4) is 11.4 Å². The normalized spacial score (nSPS) is 18.2. The molecular formula is C22H20F3N7O2. The average molecular weight is 471 g/mol. The van der Waals surface area contributed by atoms with Crippen LogP contribution < -0.4 is 20.9 Å². The highest BCUT2D eigenvalue weighted by atomic mass is 19.4. The maximum atomic E-state index is 12.4. The number of hydrogen-bond acceptors (Lipinski definition) is 7. The molecule has 2 atom stereocenters. The van der Waals surface area contributed by atoms with Crippen LogP contribution in [0.1, 0.15) is 19.3 Å². The number of nitrogens with one attached hydrogen (secondary N) is 3. The summed E-state index contributed by atoms with van der Waals surface area (Å²) in [6.07, 6.45) is 2.13. The van der Waals surface area contributed by atoms with Gasteiger partial charge in [-0.1, -0.05) is 6.07 Å². The zero-order chi connectivity index (χ0) is 23.7. The molecule has 12 heteroatoms. The summed E-state index contributed by atoms with van der Waals surface area (Å²) in [5, 5.41) is 6.68. The number of anilines is 2. The summed E-state index contributed by atoms with van der Waals surface area (Å²) in [6, 6.07) is 10.1. The van der Waals surface area contributed by atoms with Gasteiger partial charge in [0.2, 0.25) is 5.95 Å². The number of aromatic amines is 1. The molecule has 0 saturated heterocycles. The molecule has 5 rings (SSSR count). The second kappa shape index (κ2) is 8.69. The van der Waals surface area contributed by atoms with Crippen molar-refractivity contribution in [2.24, 2.45) is 0 Å². The number of ether oxygens (including phenoxy) is 1. The second-order valence-electron chi connectivity index (χ2n) is 7.98. The molecule has 0 aromatic carbocycles. The van der Waals surface area contributed by atoms with Crippen LogP contribution >= 0.6 is 0 Å². The molecule has 1 aliphatic carbocycles. The largest absolute Gasteiger partial charge is 0.573 e. The van der Waals surface area contributed by atoms with E-state index in [1.807, 2.05) is 12.1 Å². The molecule has 0 bridgehead atoms. The van der Waals surface area contributed by atoms with Crippen LogP contribution in [0, 0.1) is 0 Å². The molecule has 34 heavy (non-hydrogen) atoms. The number of imidazole rings is 1. The lowest BCUT2D eigenvalue weighted by Crippen LogP contribution is -2.21. The van der Waals surface area contributed by atoms with E-state index < -0.39 is 12.1 Å². The van der Waals surface area contributed by atoms with Crippen molar-refractivity contribution < 1.29 is 17.9 Å². The SMILES string of the molecule is O=c1ccccn1-c1ccc(N[C@H]2CC[C@H](Nc3nc4cc(OC(F)(F)F)cnc4[nH]3)C2)nc1. The molecule has 1 fully saturated rings. The number of hydrogen-bond donors (Lipinski definition) is 3. The van der Waals surface area contributed by atoms with Gasteiger partial charge in [0.15, 0.2) is 5.65 Å². The van der Waals surface area contributed by atoms with Crippen LogP contribution in [0.3, 0.4) is 0 Å². The quantitative estimate of drug-likeness (QED) is 0.392. The third-order valence-corrected chi connectivity index (χ3v) is 5.52. The molecule has 0 amide bonds. The van der Waals surface area contributed by atoms with E-state index in [9.17, 15) is 18.0 Å². The van der Waals surface area contributed by atoms with Crippen LogP contribution in [0.4, 0.5) is 24.9 Å². The van der Waals surface area contributed by atoms with E-state index in [0.717, 1.165) is 25.5 Å². The van der Waals surface area contributed by atoms with Gasteiger partial charge in [-0.15, -0.1) is 13.2 Å². The van der Waals surface area contributed by atoms with Gasteiger partial charge in [0.05, 0.1) is 18.1 Å². The highest BCUT2D eigenvalue weighted by Crippen LogP contribution is 2.27. The Morgan fingerprint density at radius 1 is 1.06 bits per heavy atom. The standard InChI is InChI=1S/C22H20F3N7O2/c23-22(24,25)34-16-10-17-20(27-12-16)31-21(30-17)29-14-5-4-13(9-14)28-18-7-6-15(11-26-18)32-8-2-1-3-19(32)33/h1-3,6-8,10-14H,4-5,9H2,(H,26,28)(H2,27,29,30,31)/t13-,14-/m0/s1. The molecule has 4 heterocycles. The van der Waals surface area contributed by atoms with Crippen LogP contribution in [-0.2, 0) is 0 Å². The van der Waals surface area contributed by atoms with Crippen LogP contribution in [0.2, 0.25) is 0 Å². The first kappa shape index (κ1) is 21.7. The highest BCUT2D eigenvalue weighted by Gasteiger charge is 2.31. The van der Waals surface area contributed by atoms with Crippen LogP contribution in [-0.4, -0.2) is 42.9 Å². The van der Waals surface area contributed by atoms with Crippen LogP contribution in [0.25, 0.3) is 16.9 Å². The molecule has 176 valence electrons. The average Bonchev–Trinajstić information content (AvgIpc) is 3.39. The van der Waals surface area contributed by atoms with Crippen molar-refractivity contribution in [1.29, 1.82) is 0 Å². The number of nitrogens with zero attached hydrogens (tertiary/aromatic N) is 4. The fourth-order valence-electron chi connectivity index (χ4n) is 4.04. The van der Waals surface area contributed by atoms with Gasteiger partial charge in [0.25, 0.3) is 5.56 Å². The first-order valence-electron chi connectivity index (χ1n) is 10.6. The molecule has 0 radical (unpaired) electrons. The predicted octanol–water partition coefficient (Wildman–Crippen LogP) is 3.85. The molecule has 4 aromatic rings. The monoisotopic (exact) mass is 471 g/mol. The summed E-state index contributed by atoms with van der Waals surface area (Å²) < 4.78 is 42.6. The van der Waals surface area contributed by atoms with Gasteiger partial charge in [-0.05, 0) is 37.5 Å². The second-order valence-corrected chi connectivity index (χ2v) is 7.98. The first-order chi connectivity index (χ1) is 16.3. The Bertz CT molecular complexity index is 1350. The summed E-state index contributed by atoms with van der Waals surface area (Å²) >= 11 is 0. The first-order valence-corrected chi connectivity index (χ1v) is 10.6. The molecular weight excluding hydrogens is 451 g/mol. The van der Waals surface area contributed by atoms with Gasteiger partial charge in [-0.25, -0.2) is 15.0 Å². The lowest BCUT2D eigenvalue weighted by molar-refractivity contribution is -0.274. The van der Waals surface area contributed by atoms with E-state index in [1.54, 1.807) is 24.5 Å². The summed E-state index contributed by atoms with van der Waals surface area (Å²) in [5.74, 6) is 0.732. The third-order valence-electron chi connectivity index (χ3n) is 5.52. The van der Waals surface area contributed by atoms with Gasteiger partial charge >= 0.3 is 6.36 Å². The third kappa shape index (κ3) is 4.95. The van der Waals surface area contributed by atoms with Crippen molar-refractivity contribution >= 4 is 22.9 Å². The molecule has 1 saturated carbocycles. The van der Waals surface area contributed by atoms with Gasteiger partial charge < -0.3 is 20.4 Å². The summed E-state index contributed by atoms with van der Waals surface area (Å²) in [7, 11) is 0. The van der Waals surface area contributed by atoms with E-state index in [0.29, 0.717) is 23.1 Å². The minimum atomic E-state index is -4.78. The fraction of sp³-hybridized carbons (Fsp3) is 0.273. The maximum absolute atomic E-state index is 12.4. The minimum Gasteiger partial charge on any atom is -0.404 e. The molecule has 1 aliphatic rings. The van der Waals surface area contributed by atoms with Crippen LogP contribution in [0.15, 0.2) is 59.8 Å². The van der Waals surface area contributed by atoms with Crippen molar-refractivity contribution in [3.63, 3.8) is 0 Å². The van der Waals surface area contributed by atoms with Crippen molar-refractivity contribution in [1.82, 2.24) is 24.5 Å². The number of alkyl halides is 3. The fourth-order valence-corrected chi connectivity index (χ4v) is 4.04. The molecule has 0 unspecified atom stereocenters. The lowest BCUT2D eigenvalue weighted by atomic mass is 10.2. The van der Waals surface area contributed by atoms with Gasteiger partial charge in [-0.3, -0.25) is 9.36 Å². The van der Waals surface area contributed by atoms with Crippen molar-refractivity contribution in [2.75, 3.05) is 10.6 Å². The molecule has 3 N–H and O–H groups in total. The summed E-state index contributed by atoms with van der Waals surface area (Å²) in [5.41, 5.74) is 1.20. The molecule has 9 nitrogen and oxygen atoms in total. The molecule has 0 aliphatic heterocycles. The molecule has 0 spiro atoms. The minimum absolute atomic E-state index is 0.117. The zero-order valence-electron chi connectivity index (χ0n) is 17.7. The summed E-state index contributed by atoms with van der Waals surface area (Å²) in [6.45, 7) is 0. The van der Waals surface area contributed by atoms with E-state index in [4.69, 9.17) is 0 Å². The Labute approximate surface area is 191 Å². The highest BCUT2D eigenvalue weighted by molar-refractivity contribution is 5.74. The number of rotatable bonds is 6. The van der Waals surface area contributed by atoms with Gasteiger partial charge in [0.1, 0.15) is 17.1 Å². The summed E-state index contributed by atoms with van der Waals surface area (Å²) in [4.78, 5) is 27.6. The lowest BCUT2D eigenvalue weighted by Gasteiger charge is -2.15. The van der Waals surface area contributed by atoms with E-state index >= 15 is 0 Å². The Kier molecular flexibility index (Phi) is 5.56. The zero-order valence-corrected chi connectivity index (χ0v) is 17.7. The van der Waals surface area contributed by atoms with E-state index in [1.165, 1.54) is 16.7 Å². The smallest absolute Gasteiger partial charge is 0.404 e. The number of H-pyrrole nitrogens is 1. The van der Waals surface area contributed by atoms with E-state index in [2.05, 4.69) is 35.3 Å². The number of fused-ring (bicyclic) bond motifs is 1. The Hall–Kier alpha value is -4.09. The Balaban J connectivity index is 1.19. The van der Waals surface area contributed by atoms with Gasteiger partial charge in [0, 0.05) is 30.4 Å². The topological polar surface area (TPSA) is 110 Å². The predicted molar refractivity (Wildman–Crippen MR) is 119 cm³/mol. The number of halogens is 3. The van der Waals surface area contributed by atoms with Gasteiger partial charge in [-0.2, -0.15) is 0 Å². The van der Waals surface area contributed by atoms with Crippen molar-refractivity contribution in [2.45, 2.75) is 37.7 Å². The van der Waals surface area contributed by atoms with E-state index in [-0.39, 0.29) is 23.2 Å².